The molecule has 0 atom stereocenters. The number of nitrogens with zero attached hydrogens (tertiary/aromatic N) is 3. The van der Waals surface area contributed by atoms with Crippen LogP contribution in [0.2, 0.25) is 5.15 Å². The Labute approximate surface area is 99.5 Å². The highest BCUT2D eigenvalue weighted by molar-refractivity contribution is 6.30. The predicted molar refractivity (Wildman–Crippen MR) is 64.4 cm³/mol. The molecule has 2 aromatic rings. The van der Waals surface area contributed by atoms with Gasteiger partial charge >= 0.3 is 0 Å². The number of halogens is 1. The topological polar surface area (TPSA) is 38.7 Å². The van der Waals surface area contributed by atoms with E-state index < -0.39 is 0 Å². The van der Waals surface area contributed by atoms with Crippen LogP contribution in [-0.4, -0.2) is 15.0 Å². The molecule has 0 amide bonds. The summed E-state index contributed by atoms with van der Waals surface area (Å²) in [5, 5.41) is 0.524. The molecule has 2 aromatic heterocycles. The summed E-state index contributed by atoms with van der Waals surface area (Å²) in [6.45, 7) is 3.98. The first-order valence-electron chi connectivity index (χ1n) is 5.16. The number of pyridine rings is 1. The number of aromatic nitrogens is 3. The molecule has 0 aromatic carbocycles. The van der Waals surface area contributed by atoms with Gasteiger partial charge in [-0.15, -0.1) is 0 Å². The van der Waals surface area contributed by atoms with E-state index in [0.29, 0.717) is 11.0 Å². The summed E-state index contributed by atoms with van der Waals surface area (Å²) in [5.41, 5.74) is 2.67. The van der Waals surface area contributed by atoms with Crippen LogP contribution in [0.4, 0.5) is 0 Å². The van der Waals surface area contributed by atoms with E-state index in [-0.39, 0.29) is 0 Å². The van der Waals surface area contributed by atoms with Crippen LogP contribution in [0.1, 0.15) is 18.2 Å². The zero-order chi connectivity index (χ0) is 11.5. The molecule has 0 aliphatic heterocycles. The Balaban J connectivity index is 2.53. The van der Waals surface area contributed by atoms with E-state index in [1.165, 1.54) is 0 Å². The number of aryl methyl sites for hydroxylation is 1. The van der Waals surface area contributed by atoms with Gasteiger partial charge in [-0.25, -0.2) is 9.97 Å². The summed E-state index contributed by atoms with van der Waals surface area (Å²) in [6, 6.07) is 5.64. The molecule has 0 spiro atoms. The fourth-order valence-corrected chi connectivity index (χ4v) is 1.92. The van der Waals surface area contributed by atoms with Crippen LogP contribution in [0.5, 0.6) is 0 Å². The van der Waals surface area contributed by atoms with Gasteiger partial charge in [0.1, 0.15) is 10.8 Å². The van der Waals surface area contributed by atoms with E-state index >= 15 is 0 Å². The monoisotopic (exact) mass is 233 g/mol. The van der Waals surface area contributed by atoms with Crippen molar-refractivity contribution in [2.24, 2.45) is 0 Å². The molecule has 0 saturated heterocycles. The number of hydrogen-bond donors (Lipinski definition) is 0. The van der Waals surface area contributed by atoms with Crippen LogP contribution >= 0.6 is 11.6 Å². The van der Waals surface area contributed by atoms with Crippen molar-refractivity contribution in [1.29, 1.82) is 0 Å². The SMILES string of the molecule is CCc1c(C)nc(-c2ccccn2)nc1Cl. The van der Waals surface area contributed by atoms with E-state index in [0.717, 1.165) is 23.4 Å². The zero-order valence-electron chi connectivity index (χ0n) is 9.24. The van der Waals surface area contributed by atoms with Crippen molar-refractivity contribution in [2.75, 3.05) is 0 Å². The number of hydrogen-bond acceptors (Lipinski definition) is 3. The molecule has 0 radical (unpaired) electrons. The average molecular weight is 234 g/mol. The van der Waals surface area contributed by atoms with Crippen LogP contribution in [0, 0.1) is 6.92 Å². The summed E-state index contributed by atoms with van der Waals surface area (Å²) in [5.74, 6) is 0.584. The van der Waals surface area contributed by atoms with E-state index in [2.05, 4.69) is 15.0 Å². The highest BCUT2D eigenvalue weighted by Crippen LogP contribution is 2.21. The van der Waals surface area contributed by atoms with Crippen molar-refractivity contribution < 1.29 is 0 Å². The molecule has 0 aliphatic rings. The maximum absolute atomic E-state index is 6.11. The Morgan fingerprint density at radius 3 is 2.62 bits per heavy atom. The Hall–Kier alpha value is -1.48. The Morgan fingerprint density at radius 2 is 2.06 bits per heavy atom. The fourth-order valence-electron chi connectivity index (χ4n) is 1.57. The lowest BCUT2D eigenvalue weighted by Gasteiger charge is -2.06. The molecular formula is C12H12ClN3. The van der Waals surface area contributed by atoms with Gasteiger partial charge in [0, 0.05) is 17.5 Å². The molecule has 3 nitrogen and oxygen atoms in total. The molecule has 0 saturated carbocycles. The van der Waals surface area contributed by atoms with Crippen LogP contribution in [0.15, 0.2) is 24.4 Å². The molecule has 4 heteroatoms. The first-order valence-corrected chi connectivity index (χ1v) is 5.54. The standard InChI is InChI=1S/C12H12ClN3/c1-3-9-8(2)15-12(16-11(9)13)10-6-4-5-7-14-10/h4-7H,3H2,1-2H3. The lowest BCUT2D eigenvalue weighted by molar-refractivity contribution is 0.995. The molecule has 2 rings (SSSR count). The van der Waals surface area contributed by atoms with Gasteiger partial charge in [0.25, 0.3) is 0 Å². The molecule has 82 valence electrons. The van der Waals surface area contributed by atoms with E-state index in [4.69, 9.17) is 11.6 Å². The van der Waals surface area contributed by atoms with Crippen LogP contribution in [0.25, 0.3) is 11.5 Å². The highest BCUT2D eigenvalue weighted by Gasteiger charge is 2.10. The third kappa shape index (κ3) is 2.04. The Bertz CT molecular complexity index is 474. The van der Waals surface area contributed by atoms with E-state index in [1.807, 2.05) is 32.0 Å². The first kappa shape index (κ1) is 11.0. The van der Waals surface area contributed by atoms with Gasteiger partial charge in [0.2, 0.25) is 0 Å². The molecule has 0 fully saturated rings. The van der Waals surface area contributed by atoms with Gasteiger partial charge in [0.15, 0.2) is 5.82 Å². The van der Waals surface area contributed by atoms with Crippen molar-refractivity contribution in [3.63, 3.8) is 0 Å². The highest BCUT2D eigenvalue weighted by atomic mass is 35.5. The number of rotatable bonds is 2. The minimum absolute atomic E-state index is 0.524. The smallest absolute Gasteiger partial charge is 0.179 e. The lowest BCUT2D eigenvalue weighted by Crippen LogP contribution is -2.00. The Morgan fingerprint density at radius 1 is 1.25 bits per heavy atom. The lowest BCUT2D eigenvalue weighted by atomic mass is 10.2. The van der Waals surface area contributed by atoms with Crippen molar-refractivity contribution in [2.45, 2.75) is 20.3 Å². The maximum atomic E-state index is 6.11. The second-order valence-electron chi connectivity index (χ2n) is 3.47. The normalized spacial score (nSPS) is 10.4. The third-order valence-corrected chi connectivity index (χ3v) is 2.72. The van der Waals surface area contributed by atoms with Crippen LogP contribution in [-0.2, 0) is 6.42 Å². The summed E-state index contributed by atoms with van der Waals surface area (Å²) in [6.07, 6.45) is 2.56. The zero-order valence-corrected chi connectivity index (χ0v) is 9.99. The molecule has 16 heavy (non-hydrogen) atoms. The van der Waals surface area contributed by atoms with Gasteiger partial charge in [-0.05, 0) is 25.5 Å². The van der Waals surface area contributed by atoms with Gasteiger partial charge < -0.3 is 0 Å². The summed E-state index contributed by atoms with van der Waals surface area (Å²) < 4.78 is 0. The van der Waals surface area contributed by atoms with Gasteiger partial charge in [-0.2, -0.15) is 0 Å². The molecule has 0 unspecified atom stereocenters. The van der Waals surface area contributed by atoms with Crippen LogP contribution < -0.4 is 0 Å². The van der Waals surface area contributed by atoms with Crippen LogP contribution in [0.3, 0.4) is 0 Å². The van der Waals surface area contributed by atoms with Gasteiger partial charge in [0.05, 0.1) is 0 Å². The second kappa shape index (κ2) is 4.58. The Kier molecular flexibility index (Phi) is 3.15. The first-order chi connectivity index (χ1) is 7.72. The largest absolute Gasteiger partial charge is 0.253 e. The van der Waals surface area contributed by atoms with Crippen molar-refractivity contribution >= 4 is 11.6 Å². The fraction of sp³-hybridized carbons (Fsp3) is 0.250. The predicted octanol–water partition coefficient (Wildman–Crippen LogP) is 3.06. The minimum Gasteiger partial charge on any atom is -0.253 e. The van der Waals surface area contributed by atoms with Crippen molar-refractivity contribution in [1.82, 2.24) is 15.0 Å². The maximum Gasteiger partial charge on any atom is 0.179 e. The molecule has 2 heterocycles. The van der Waals surface area contributed by atoms with Gasteiger partial charge in [-0.1, -0.05) is 24.6 Å². The molecule has 0 aliphatic carbocycles. The van der Waals surface area contributed by atoms with E-state index in [9.17, 15) is 0 Å². The summed E-state index contributed by atoms with van der Waals surface area (Å²) >= 11 is 6.11. The molecule has 0 bridgehead atoms. The van der Waals surface area contributed by atoms with E-state index in [1.54, 1.807) is 6.20 Å². The average Bonchev–Trinajstić information content (AvgIpc) is 2.30. The molecular weight excluding hydrogens is 222 g/mol. The molecule has 0 N–H and O–H groups in total. The third-order valence-electron chi connectivity index (χ3n) is 2.41. The van der Waals surface area contributed by atoms with Crippen molar-refractivity contribution in [3.05, 3.63) is 40.8 Å². The summed E-state index contributed by atoms with van der Waals surface area (Å²) in [7, 11) is 0. The van der Waals surface area contributed by atoms with Crippen molar-refractivity contribution in [3.8, 4) is 11.5 Å². The summed E-state index contributed by atoms with van der Waals surface area (Å²) in [4.78, 5) is 12.9. The van der Waals surface area contributed by atoms with Gasteiger partial charge in [-0.3, -0.25) is 4.98 Å². The quantitative estimate of drug-likeness (QED) is 0.749. The second-order valence-corrected chi connectivity index (χ2v) is 3.83. The minimum atomic E-state index is 0.524.